The summed E-state index contributed by atoms with van der Waals surface area (Å²) >= 11 is 6.24. The fourth-order valence-corrected chi connectivity index (χ4v) is 6.68. The summed E-state index contributed by atoms with van der Waals surface area (Å²) in [5, 5.41) is 15.4. The van der Waals surface area contributed by atoms with E-state index in [1.54, 1.807) is 0 Å². The molecule has 2 aliphatic rings. The van der Waals surface area contributed by atoms with Gasteiger partial charge in [-0.05, 0) is 22.3 Å². The number of nitriles is 1. The van der Waals surface area contributed by atoms with Gasteiger partial charge in [0.1, 0.15) is 0 Å². The predicted octanol–water partition coefficient (Wildman–Crippen LogP) is 4.63. The number of rotatable bonds is 10. The molecule has 0 N–H and O–H groups in total. The number of benzene rings is 4. The topological polar surface area (TPSA) is 60.5 Å². The molecule has 0 radical (unpaired) electrons. The molecule has 2 unspecified atom stereocenters. The summed E-state index contributed by atoms with van der Waals surface area (Å²) in [6.45, 7) is 15.0. The summed E-state index contributed by atoms with van der Waals surface area (Å²) < 4.78 is 0. The van der Waals surface area contributed by atoms with Crippen LogP contribution >= 0.6 is 11.6 Å². The van der Waals surface area contributed by atoms with Crippen molar-refractivity contribution in [2.24, 2.45) is 0 Å². The maximum atomic E-state index is 9.18. The molecule has 2 atom stereocenters. The molecule has 8 heteroatoms. The van der Waals surface area contributed by atoms with Gasteiger partial charge in [-0.1, -0.05) is 129 Å². The molecule has 4 aromatic rings. The molecule has 0 amide bonds. The van der Waals surface area contributed by atoms with E-state index in [4.69, 9.17) is 23.4 Å². The Morgan fingerprint density at radius 3 is 1.22 bits per heavy atom. The Balaban J connectivity index is 0.000000312. The number of nitrogens with zero attached hydrogens (tertiary/aromatic N) is 6. The van der Waals surface area contributed by atoms with Crippen LogP contribution in [-0.4, -0.2) is 76.8 Å². The number of hydrogen-bond acceptors (Lipinski definition) is 6. The van der Waals surface area contributed by atoms with E-state index in [9.17, 15) is 5.26 Å². The van der Waals surface area contributed by atoms with Gasteiger partial charge < -0.3 is 11.8 Å². The van der Waals surface area contributed by atoms with Crippen molar-refractivity contribution in [1.29, 1.82) is 10.5 Å². The standard InChI is InChI=1S/C20H23N3.C19H23ClN2.CN.CH4.K/c21-12-11-20-17-22(15-18-7-3-1-4-8-18)13-14-23(20)16-19-9-5-2-6-10-19;20-13-19-16-21(14-17-7-3-1-4-8-17)11-12-22(19)15-18-9-5-2-6-10-18;1-2;;/h1-10,20H,11,13-17H2;1-10,19H,11-16H2;;1H4;/q;;-1;;+1. The van der Waals surface area contributed by atoms with Crippen LogP contribution in [0.4, 0.5) is 0 Å². The van der Waals surface area contributed by atoms with Gasteiger partial charge in [0.25, 0.3) is 0 Å². The zero-order valence-electron chi connectivity index (χ0n) is 28.2. The number of halogens is 1. The van der Waals surface area contributed by atoms with Gasteiger partial charge in [0.15, 0.2) is 0 Å². The van der Waals surface area contributed by atoms with Crippen molar-refractivity contribution < 1.29 is 51.4 Å². The van der Waals surface area contributed by atoms with Crippen molar-refractivity contribution in [2.45, 2.75) is 52.1 Å². The van der Waals surface area contributed by atoms with Crippen molar-refractivity contribution in [3.05, 3.63) is 150 Å². The summed E-state index contributed by atoms with van der Waals surface area (Å²) in [7, 11) is 0. The molecule has 0 aliphatic carbocycles. The van der Waals surface area contributed by atoms with Crippen LogP contribution in [-0.2, 0) is 26.2 Å². The molecular formula is C41H50ClKN6. The Bertz CT molecular complexity index is 1470. The van der Waals surface area contributed by atoms with E-state index >= 15 is 0 Å². The molecule has 0 aromatic heterocycles. The average molecular weight is 701 g/mol. The molecule has 2 heterocycles. The number of hydrogen-bond donors (Lipinski definition) is 0. The van der Waals surface area contributed by atoms with Gasteiger partial charge in [-0.2, -0.15) is 5.26 Å². The van der Waals surface area contributed by atoms with Crippen LogP contribution in [0.5, 0.6) is 0 Å². The fourth-order valence-electron chi connectivity index (χ4n) is 6.38. The van der Waals surface area contributed by atoms with Crippen molar-refractivity contribution in [1.82, 2.24) is 19.6 Å². The summed E-state index contributed by atoms with van der Waals surface area (Å²) in [4.78, 5) is 9.96. The second kappa shape index (κ2) is 24.7. The van der Waals surface area contributed by atoms with Crippen LogP contribution in [0, 0.1) is 23.2 Å². The maximum Gasteiger partial charge on any atom is 1.00 e. The Morgan fingerprint density at radius 2 is 0.878 bits per heavy atom. The molecule has 6 rings (SSSR count). The normalized spacial score (nSPS) is 18.2. The zero-order valence-corrected chi connectivity index (χ0v) is 32.1. The van der Waals surface area contributed by atoms with E-state index in [0.717, 1.165) is 65.4 Å². The van der Waals surface area contributed by atoms with E-state index in [1.807, 2.05) is 6.07 Å². The van der Waals surface area contributed by atoms with E-state index in [0.29, 0.717) is 24.4 Å². The Hall–Kier alpha value is -2.37. The van der Waals surface area contributed by atoms with Crippen molar-refractivity contribution >= 4 is 11.6 Å². The fraction of sp³-hybridized carbons (Fsp3) is 0.366. The van der Waals surface area contributed by atoms with Crippen LogP contribution in [0.25, 0.3) is 0 Å². The summed E-state index contributed by atoms with van der Waals surface area (Å²) in [6, 6.07) is 45.6. The molecular weight excluding hydrogens is 651 g/mol. The second-order valence-corrected chi connectivity index (χ2v) is 12.5. The summed E-state index contributed by atoms with van der Waals surface area (Å²) in [6.07, 6.45) is 0.595. The van der Waals surface area contributed by atoms with E-state index in [-0.39, 0.29) is 58.8 Å². The molecule has 4 aromatic carbocycles. The van der Waals surface area contributed by atoms with Gasteiger partial charge in [-0.3, -0.25) is 19.6 Å². The van der Waals surface area contributed by atoms with E-state index < -0.39 is 0 Å². The third-order valence-corrected chi connectivity index (χ3v) is 9.19. The second-order valence-electron chi connectivity index (χ2n) is 12.2. The number of piperazine rings is 2. The molecule has 252 valence electrons. The molecule has 0 spiro atoms. The van der Waals surface area contributed by atoms with E-state index in [1.165, 1.54) is 22.3 Å². The van der Waals surface area contributed by atoms with E-state index in [2.05, 4.69) is 141 Å². The summed E-state index contributed by atoms with van der Waals surface area (Å²) in [5.41, 5.74) is 5.42. The molecule has 0 saturated carbocycles. The third-order valence-electron chi connectivity index (χ3n) is 8.84. The van der Waals surface area contributed by atoms with Crippen molar-refractivity contribution in [3.8, 4) is 6.07 Å². The van der Waals surface area contributed by atoms with Gasteiger partial charge >= 0.3 is 51.4 Å². The molecule has 49 heavy (non-hydrogen) atoms. The molecule has 6 nitrogen and oxygen atoms in total. The third kappa shape index (κ3) is 14.8. The Labute approximate surface area is 343 Å². The smallest absolute Gasteiger partial charge is 0.512 e. The first kappa shape index (κ1) is 42.8. The first-order chi connectivity index (χ1) is 23.2. The minimum atomic E-state index is 0. The Morgan fingerprint density at radius 1 is 0.551 bits per heavy atom. The van der Waals surface area contributed by atoms with Crippen LogP contribution in [0.1, 0.15) is 36.1 Å². The largest absolute Gasteiger partial charge is 1.00 e. The SMILES string of the molecule is C.ClCC1CN(Cc2ccccc2)CCN1Cc1ccccc1.N#CCC1CN(Cc2ccccc2)CCN1Cc1ccccc1.[C-]#N.[K+]. The average Bonchev–Trinajstić information content (AvgIpc) is 3.13. The first-order valence-electron chi connectivity index (χ1n) is 16.4. The minimum absolute atomic E-state index is 0. The molecule has 2 saturated heterocycles. The molecule has 2 aliphatic heterocycles. The van der Waals surface area contributed by atoms with Gasteiger partial charge in [-0.15, -0.1) is 11.6 Å². The summed E-state index contributed by atoms with van der Waals surface area (Å²) in [5.74, 6) is 0.693. The van der Waals surface area contributed by atoms with Crippen LogP contribution in [0.2, 0.25) is 0 Å². The Kier molecular flexibility index (Phi) is 21.6. The van der Waals surface area contributed by atoms with Gasteiger partial charge in [0, 0.05) is 83.4 Å². The molecule has 0 bridgehead atoms. The molecule has 2 fully saturated rings. The van der Waals surface area contributed by atoms with Crippen molar-refractivity contribution in [2.75, 3.05) is 45.1 Å². The van der Waals surface area contributed by atoms with Gasteiger partial charge in [-0.25, -0.2) is 0 Å². The van der Waals surface area contributed by atoms with Crippen LogP contribution in [0.3, 0.4) is 0 Å². The van der Waals surface area contributed by atoms with Crippen LogP contribution in [0.15, 0.2) is 121 Å². The monoisotopic (exact) mass is 700 g/mol. The van der Waals surface area contributed by atoms with Crippen LogP contribution < -0.4 is 51.4 Å². The minimum Gasteiger partial charge on any atom is -0.512 e. The maximum absolute atomic E-state index is 9.18. The zero-order chi connectivity index (χ0) is 33.1. The number of alkyl halides is 1. The predicted molar refractivity (Wildman–Crippen MR) is 197 cm³/mol. The van der Waals surface area contributed by atoms with Gasteiger partial charge in [0.05, 0.1) is 12.5 Å². The first-order valence-corrected chi connectivity index (χ1v) is 17.0. The van der Waals surface area contributed by atoms with Crippen molar-refractivity contribution in [3.63, 3.8) is 0 Å². The quantitative estimate of drug-likeness (QED) is 0.137. The van der Waals surface area contributed by atoms with Gasteiger partial charge in [0.2, 0.25) is 0 Å².